The van der Waals surface area contributed by atoms with Gasteiger partial charge in [-0.2, -0.15) is 8.42 Å². The summed E-state index contributed by atoms with van der Waals surface area (Å²) in [6.07, 6.45) is 32.7. The van der Waals surface area contributed by atoms with Crippen LogP contribution < -0.4 is 0 Å². The van der Waals surface area contributed by atoms with Crippen LogP contribution in [0.1, 0.15) is 155 Å². The van der Waals surface area contributed by atoms with Crippen LogP contribution in [-0.2, 0) is 38.7 Å². The Labute approximate surface area is 349 Å². The van der Waals surface area contributed by atoms with Gasteiger partial charge in [0, 0.05) is 12.8 Å². The van der Waals surface area contributed by atoms with Gasteiger partial charge in [0.15, 0.2) is 12.4 Å². The van der Waals surface area contributed by atoms with Crippen LogP contribution >= 0.6 is 0 Å². The maximum atomic E-state index is 12.8. The van der Waals surface area contributed by atoms with Gasteiger partial charge in [-0.15, -0.1) is 0 Å². The molecule has 1 rings (SSSR count). The molecule has 58 heavy (non-hydrogen) atoms. The lowest BCUT2D eigenvalue weighted by Crippen LogP contribution is -2.60. The molecule has 0 spiro atoms. The molecular formula is C45H76O12S. The lowest BCUT2D eigenvalue weighted by atomic mass is 10.00. The van der Waals surface area contributed by atoms with Crippen molar-refractivity contribution in [2.24, 2.45) is 0 Å². The predicted molar refractivity (Wildman–Crippen MR) is 229 cm³/mol. The first kappa shape index (κ1) is 53.4. The van der Waals surface area contributed by atoms with Gasteiger partial charge in [0.1, 0.15) is 36.8 Å². The van der Waals surface area contributed by atoms with Crippen LogP contribution in [0.25, 0.3) is 0 Å². The summed E-state index contributed by atoms with van der Waals surface area (Å²) >= 11 is 0. The Morgan fingerprint density at radius 2 is 1.03 bits per heavy atom. The van der Waals surface area contributed by atoms with E-state index >= 15 is 0 Å². The highest BCUT2D eigenvalue weighted by Gasteiger charge is 2.46. The van der Waals surface area contributed by atoms with Crippen molar-refractivity contribution in [3.63, 3.8) is 0 Å². The minimum absolute atomic E-state index is 0.137. The van der Waals surface area contributed by atoms with E-state index in [1.165, 1.54) is 38.5 Å². The first-order valence-electron chi connectivity index (χ1n) is 21.8. The van der Waals surface area contributed by atoms with Gasteiger partial charge in [0.05, 0.1) is 6.61 Å². The van der Waals surface area contributed by atoms with Crippen LogP contribution in [0.4, 0.5) is 0 Å². The van der Waals surface area contributed by atoms with E-state index in [0.29, 0.717) is 12.8 Å². The molecule has 0 aromatic carbocycles. The third kappa shape index (κ3) is 29.5. The lowest BCUT2D eigenvalue weighted by molar-refractivity contribution is -0.297. The number of hydrogen-bond acceptors (Lipinski definition) is 11. The number of aliphatic hydroxyl groups is 3. The van der Waals surface area contributed by atoms with Crippen molar-refractivity contribution in [2.45, 2.75) is 192 Å². The Kier molecular flexibility index (Phi) is 32.3. The van der Waals surface area contributed by atoms with Crippen molar-refractivity contribution in [3.05, 3.63) is 60.8 Å². The molecule has 4 N–H and O–H groups in total. The standard InChI is InChI=1S/C45H76O12S/c1-3-5-7-9-11-13-15-17-19-21-23-25-27-29-31-33-40(46)54-35-38(36-55-45-44(50)43(49)42(48)39(57-45)37-58(51,52)53)56-41(47)34-32-30-28-26-24-22-20-18-16-14-12-10-8-6-4-2/h11-14,17-20,23,25,38-39,42-45,48-50H,3-10,15-16,21-22,24,26-37H2,1-2H3,(H,51,52,53)/b13-11+,14-12+,19-17+,20-18+,25-23+/t38-,39-,42-,43?,44?,45+/m1/s1. The van der Waals surface area contributed by atoms with Crippen LogP contribution in [-0.4, -0.2) is 96.0 Å². The zero-order chi connectivity index (χ0) is 42.7. The fourth-order valence-corrected chi connectivity index (χ4v) is 6.81. The van der Waals surface area contributed by atoms with Gasteiger partial charge < -0.3 is 34.3 Å². The van der Waals surface area contributed by atoms with Crippen molar-refractivity contribution < 1.29 is 56.8 Å². The first-order chi connectivity index (χ1) is 28.0. The Hall–Kier alpha value is -2.65. The lowest BCUT2D eigenvalue weighted by Gasteiger charge is -2.40. The van der Waals surface area contributed by atoms with Crippen molar-refractivity contribution in [2.75, 3.05) is 19.0 Å². The molecule has 1 aliphatic rings. The fraction of sp³-hybridized carbons (Fsp3) is 0.733. The molecule has 0 amide bonds. The van der Waals surface area contributed by atoms with Gasteiger partial charge in [-0.05, 0) is 83.5 Å². The SMILES string of the molecule is CCCCC/C=C/C/C=C/C/C=C/CCCCC(=O)OC[C@H](CO[C@H]1O[C@H](CS(=O)(=O)O)[C@@H](O)C(O)C1O)OC(=O)CCCCCCC/C=C/C/C=C/CCCCC. The number of unbranched alkanes of at least 4 members (excludes halogenated alkanes) is 13. The normalized spacial score (nSPS) is 21.0. The quantitative estimate of drug-likeness (QED) is 0.0207. The Balaban J connectivity index is 2.52. The number of carbonyl (C=O) groups is 2. The molecule has 1 aliphatic heterocycles. The number of aliphatic hydroxyl groups excluding tert-OH is 3. The summed E-state index contributed by atoms with van der Waals surface area (Å²) < 4.78 is 53.9. The molecule has 0 aromatic rings. The van der Waals surface area contributed by atoms with Gasteiger partial charge in [0.25, 0.3) is 10.1 Å². The molecule has 6 atom stereocenters. The molecule has 334 valence electrons. The molecule has 0 aliphatic carbocycles. The summed E-state index contributed by atoms with van der Waals surface area (Å²) in [5, 5.41) is 30.8. The smallest absolute Gasteiger partial charge is 0.306 e. The third-order valence-corrected chi connectivity index (χ3v) is 10.3. The second kappa shape index (κ2) is 35.1. The summed E-state index contributed by atoms with van der Waals surface area (Å²) in [5.41, 5.74) is 0. The Morgan fingerprint density at radius 3 is 1.57 bits per heavy atom. The molecular weight excluding hydrogens is 765 g/mol. The second-order valence-corrected chi connectivity index (χ2v) is 16.5. The fourth-order valence-electron chi connectivity index (χ4n) is 6.12. The van der Waals surface area contributed by atoms with Gasteiger partial charge >= 0.3 is 11.9 Å². The van der Waals surface area contributed by atoms with E-state index in [-0.39, 0.29) is 19.4 Å². The highest BCUT2D eigenvalue weighted by atomic mass is 32.2. The summed E-state index contributed by atoms with van der Waals surface area (Å²) in [6.45, 7) is 3.64. The number of hydrogen-bond donors (Lipinski definition) is 4. The van der Waals surface area contributed by atoms with Crippen molar-refractivity contribution in [1.82, 2.24) is 0 Å². The summed E-state index contributed by atoms with van der Waals surface area (Å²) in [7, 11) is -4.61. The van der Waals surface area contributed by atoms with E-state index in [0.717, 1.165) is 77.0 Å². The minimum Gasteiger partial charge on any atom is -0.462 e. The number of rotatable bonds is 35. The maximum absolute atomic E-state index is 12.8. The summed E-state index contributed by atoms with van der Waals surface area (Å²) in [4.78, 5) is 25.3. The summed E-state index contributed by atoms with van der Waals surface area (Å²) in [5.74, 6) is -2.06. The van der Waals surface area contributed by atoms with E-state index in [9.17, 15) is 37.9 Å². The molecule has 1 heterocycles. The first-order valence-corrected chi connectivity index (χ1v) is 23.5. The monoisotopic (exact) mass is 841 g/mol. The van der Waals surface area contributed by atoms with Crippen LogP contribution in [0.2, 0.25) is 0 Å². The van der Waals surface area contributed by atoms with Crippen molar-refractivity contribution in [1.29, 1.82) is 0 Å². The van der Waals surface area contributed by atoms with Crippen LogP contribution in [0.3, 0.4) is 0 Å². The molecule has 13 heteroatoms. The minimum atomic E-state index is -4.61. The Morgan fingerprint density at radius 1 is 0.586 bits per heavy atom. The van der Waals surface area contributed by atoms with Crippen LogP contribution in [0.5, 0.6) is 0 Å². The van der Waals surface area contributed by atoms with Gasteiger partial charge in [0.2, 0.25) is 0 Å². The van der Waals surface area contributed by atoms with Gasteiger partial charge in [-0.25, -0.2) is 0 Å². The average molecular weight is 841 g/mol. The van der Waals surface area contributed by atoms with Crippen molar-refractivity contribution in [3.8, 4) is 0 Å². The predicted octanol–water partition coefficient (Wildman–Crippen LogP) is 8.56. The third-order valence-electron chi connectivity index (χ3n) is 9.57. The molecule has 0 radical (unpaired) electrons. The van der Waals surface area contributed by atoms with E-state index < -0.39 is 71.2 Å². The van der Waals surface area contributed by atoms with Crippen molar-refractivity contribution >= 4 is 22.1 Å². The number of allylic oxidation sites excluding steroid dienone is 10. The highest BCUT2D eigenvalue weighted by Crippen LogP contribution is 2.24. The van der Waals surface area contributed by atoms with E-state index in [1.807, 2.05) is 0 Å². The van der Waals surface area contributed by atoms with E-state index in [1.54, 1.807) is 0 Å². The molecule has 1 fully saturated rings. The Bertz CT molecular complexity index is 1310. The molecule has 2 unspecified atom stereocenters. The zero-order valence-corrected chi connectivity index (χ0v) is 36.2. The topological polar surface area (TPSA) is 186 Å². The number of carbonyl (C=O) groups excluding carboxylic acids is 2. The molecule has 0 aromatic heterocycles. The van der Waals surface area contributed by atoms with Gasteiger partial charge in [-0.1, -0.05) is 120 Å². The molecule has 0 saturated carbocycles. The zero-order valence-electron chi connectivity index (χ0n) is 35.4. The van der Waals surface area contributed by atoms with E-state index in [4.69, 9.17) is 18.9 Å². The average Bonchev–Trinajstić information content (AvgIpc) is 3.18. The van der Waals surface area contributed by atoms with E-state index in [2.05, 4.69) is 74.6 Å². The summed E-state index contributed by atoms with van der Waals surface area (Å²) in [6, 6.07) is 0. The highest BCUT2D eigenvalue weighted by molar-refractivity contribution is 7.85. The van der Waals surface area contributed by atoms with Gasteiger partial charge in [-0.3, -0.25) is 14.1 Å². The van der Waals surface area contributed by atoms with Crippen LogP contribution in [0, 0.1) is 0 Å². The molecule has 12 nitrogen and oxygen atoms in total. The number of esters is 2. The largest absolute Gasteiger partial charge is 0.462 e. The second-order valence-electron chi connectivity index (χ2n) is 15.0. The molecule has 0 bridgehead atoms. The van der Waals surface area contributed by atoms with Crippen LogP contribution in [0.15, 0.2) is 60.8 Å². The number of ether oxygens (including phenoxy) is 4. The maximum Gasteiger partial charge on any atom is 0.306 e. The molecule has 1 saturated heterocycles.